The molecule has 416 valence electrons. The Labute approximate surface area is 439 Å². The molecule has 0 aliphatic carbocycles. The first-order valence-electron chi connectivity index (χ1n) is 32.1. The lowest BCUT2D eigenvalue weighted by molar-refractivity contribution is -0.131. The van der Waals surface area contributed by atoms with E-state index in [2.05, 4.69) is 43.5 Å². The summed E-state index contributed by atoms with van der Waals surface area (Å²) in [6.45, 7) is 4.28. The molecule has 1 amide bonds. The number of carbonyl (C=O) groups is 1. The maximum Gasteiger partial charge on any atom is 0.249 e. The predicted octanol–water partition coefficient (Wildman–Crippen LogP) is 20.4. The third-order valence-corrected chi connectivity index (χ3v) is 15.3. The Morgan fingerprint density at radius 2 is 0.586 bits per heavy atom. The first-order chi connectivity index (χ1) is 34.6. The van der Waals surface area contributed by atoms with Gasteiger partial charge in [-0.1, -0.05) is 340 Å². The van der Waals surface area contributed by atoms with E-state index in [-0.39, 0.29) is 6.61 Å². The smallest absolute Gasteiger partial charge is 0.249 e. The molecule has 0 bridgehead atoms. The van der Waals surface area contributed by atoms with Gasteiger partial charge in [0.25, 0.3) is 0 Å². The Hall–Kier alpha value is -1.17. The van der Waals surface area contributed by atoms with E-state index < -0.39 is 24.2 Å². The SMILES string of the molecule is CCCCCCCCCCCCCCC/C=C\C/C=C\CCCCCCCCCCCCCCCCCCC(O)C(=O)NC(CO)C(O)CCCCCCCCCCCCCCCCCCCCCC. The molecule has 4 N–H and O–H groups in total. The fourth-order valence-corrected chi connectivity index (χ4v) is 10.3. The van der Waals surface area contributed by atoms with Crippen LogP contribution >= 0.6 is 0 Å². The number of hydrogen-bond donors (Lipinski definition) is 4. The zero-order chi connectivity index (χ0) is 50.7. The van der Waals surface area contributed by atoms with Crippen LogP contribution in [0, 0.1) is 0 Å². The van der Waals surface area contributed by atoms with E-state index in [1.807, 2.05) is 0 Å². The predicted molar refractivity (Wildman–Crippen MR) is 310 cm³/mol. The Morgan fingerprint density at radius 3 is 0.857 bits per heavy atom. The van der Waals surface area contributed by atoms with Crippen molar-refractivity contribution in [3.63, 3.8) is 0 Å². The van der Waals surface area contributed by atoms with Crippen LogP contribution in [-0.4, -0.2) is 46.1 Å². The van der Waals surface area contributed by atoms with E-state index in [9.17, 15) is 20.1 Å². The van der Waals surface area contributed by atoms with E-state index in [0.717, 1.165) is 38.5 Å². The summed E-state index contributed by atoms with van der Waals surface area (Å²) in [4.78, 5) is 12.6. The standard InChI is InChI=1S/C65H127NO4/c1-3-5-7-9-11-13-15-17-19-21-23-25-26-27-28-29-30-31-32-33-34-35-36-37-38-39-40-42-44-46-48-50-52-54-56-58-60-64(69)65(70)66-62(61-67)63(68)59-57-55-53-51-49-47-45-43-41-24-22-20-18-16-14-12-10-8-6-4-2/h28-29,31-32,62-64,67-69H,3-27,30,33-61H2,1-2H3,(H,66,70)/b29-28-,32-31-. The van der Waals surface area contributed by atoms with Crippen LogP contribution in [0.4, 0.5) is 0 Å². The second kappa shape index (κ2) is 60.4. The van der Waals surface area contributed by atoms with Crippen molar-refractivity contribution in [2.45, 2.75) is 379 Å². The van der Waals surface area contributed by atoms with E-state index in [4.69, 9.17) is 0 Å². The molecule has 0 heterocycles. The lowest BCUT2D eigenvalue weighted by atomic mass is 10.0. The normalized spacial score (nSPS) is 13.3. The van der Waals surface area contributed by atoms with Crippen LogP contribution in [0.5, 0.6) is 0 Å². The minimum Gasteiger partial charge on any atom is -0.394 e. The second-order valence-electron chi connectivity index (χ2n) is 22.3. The maximum atomic E-state index is 12.6. The monoisotopic (exact) mass is 986 g/mol. The molecule has 0 fully saturated rings. The molecule has 0 spiro atoms. The topological polar surface area (TPSA) is 89.8 Å². The third kappa shape index (κ3) is 54.6. The molecule has 5 heteroatoms. The minimum absolute atomic E-state index is 0.310. The first-order valence-corrected chi connectivity index (χ1v) is 32.1. The highest BCUT2D eigenvalue weighted by Gasteiger charge is 2.23. The zero-order valence-electron chi connectivity index (χ0n) is 47.7. The van der Waals surface area contributed by atoms with Gasteiger partial charge in [0.15, 0.2) is 0 Å². The van der Waals surface area contributed by atoms with Crippen molar-refractivity contribution in [1.82, 2.24) is 5.32 Å². The second-order valence-corrected chi connectivity index (χ2v) is 22.3. The van der Waals surface area contributed by atoms with Crippen molar-refractivity contribution < 1.29 is 20.1 Å². The third-order valence-electron chi connectivity index (χ3n) is 15.3. The Morgan fingerprint density at radius 1 is 0.343 bits per heavy atom. The van der Waals surface area contributed by atoms with Gasteiger partial charge in [-0.2, -0.15) is 0 Å². The molecule has 5 nitrogen and oxygen atoms in total. The number of nitrogens with one attached hydrogen (secondary N) is 1. The van der Waals surface area contributed by atoms with Gasteiger partial charge in [-0.15, -0.1) is 0 Å². The van der Waals surface area contributed by atoms with Gasteiger partial charge in [-0.05, 0) is 44.9 Å². The van der Waals surface area contributed by atoms with Gasteiger partial charge < -0.3 is 20.6 Å². The zero-order valence-corrected chi connectivity index (χ0v) is 47.7. The molecule has 0 aromatic carbocycles. The maximum absolute atomic E-state index is 12.6. The first kappa shape index (κ1) is 68.8. The van der Waals surface area contributed by atoms with Gasteiger partial charge in [0.2, 0.25) is 5.91 Å². The largest absolute Gasteiger partial charge is 0.394 e. The van der Waals surface area contributed by atoms with Crippen LogP contribution in [0.2, 0.25) is 0 Å². The number of hydrogen-bond acceptors (Lipinski definition) is 4. The molecule has 0 aliphatic heterocycles. The molecule has 0 aromatic rings. The fourth-order valence-electron chi connectivity index (χ4n) is 10.3. The number of aliphatic hydroxyl groups is 3. The Kier molecular flexibility index (Phi) is 59.4. The summed E-state index contributed by atoms with van der Waals surface area (Å²) in [5.74, 6) is -0.464. The molecule has 0 rings (SSSR count). The van der Waals surface area contributed by atoms with Crippen molar-refractivity contribution in [2.24, 2.45) is 0 Å². The number of rotatable bonds is 60. The van der Waals surface area contributed by atoms with E-state index in [1.165, 1.54) is 295 Å². The van der Waals surface area contributed by atoms with Crippen LogP contribution < -0.4 is 5.32 Å². The van der Waals surface area contributed by atoms with Gasteiger partial charge in [0.1, 0.15) is 6.10 Å². The summed E-state index contributed by atoms with van der Waals surface area (Å²) in [5, 5.41) is 33.6. The van der Waals surface area contributed by atoms with Crippen molar-refractivity contribution >= 4 is 5.91 Å². The molecule has 70 heavy (non-hydrogen) atoms. The van der Waals surface area contributed by atoms with Crippen LogP contribution in [-0.2, 0) is 4.79 Å². The summed E-state index contributed by atoms with van der Waals surface area (Å²) in [6.07, 6.45) is 78.3. The number of carbonyl (C=O) groups excluding carboxylic acids is 1. The van der Waals surface area contributed by atoms with Crippen LogP contribution in [0.25, 0.3) is 0 Å². The molecule has 0 radical (unpaired) electrons. The van der Waals surface area contributed by atoms with E-state index in [0.29, 0.717) is 12.8 Å². The van der Waals surface area contributed by atoms with Crippen LogP contribution in [0.3, 0.4) is 0 Å². The Balaban J connectivity index is 3.47. The minimum atomic E-state index is -1.07. The highest BCUT2D eigenvalue weighted by Crippen LogP contribution is 2.19. The van der Waals surface area contributed by atoms with Gasteiger partial charge in [-0.25, -0.2) is 0 Å². The molecule has 0 saturated carbocycles. The summed E-state index contributed by atoms with van der Waals surface area (Å²) in [5.41, 5.74) is 0. The molecule has 0 aromatic heterocycles. The molecule has 3 atom stereocenters. The van der Waals surface area contributed by atoms with E-state index >= 15 is 0 Å². The average molecular weight is 987 g/mol. The fraction of sp³-hybridized carbons (Fsp3) is 0.923. The molecule has 0 aliphatic rings. The molecular weight excluding hydrogens is 859 g/mol. The van der Waals surface area contributed by atoms with Gasteiger partial charge >= 0.3 is 0 Å². The summed E-state index contributed by atoms with van der Waals surface area (Å²) < 4.78 is 0. The van der Waals surface area contributed by atoms with Gasteiger partial charge in [0.05, 0.1) is 18.8 Å². The lowest BCUT2D eigenvalue weighted by Gasteiger charge is -2.23. The van der Waals surface area contributed by atoms with Crippen molar-refractivity contribution in [3.05, 3.63) is 24.3 Å². The Bertz CT molecular complexity index is 1040. The summed E-state index contributed by atoms with van der Waals surface area (Å²) in [6, 6.07) is -0.711. The number of allylic oxidation sites excluding steroid dienone is 4. The highest BCUT2D eigenvalue weighted by atomic mass is 16.3. The van der Waals surface area contributed by atoms with Gasteiger partial charge in [-0.3, -0.25) is 4.79 Å². The lowest BCUT2D eigenvalue weighted by Crippen LogP contribution is -2.49. The number of aliphatic hydroxyl groups excluding tert-OH is 3. The van der Waals surface area contributed by atoms with Crippen LogP contribution in [0.15, 0.2) is 24.3 Å². The van der Waals surface area contributed by atoms with E-state index in [1.54, 1.807) is 0 Å². The molecule has 0 saturated heterocycles. The van der Waals surface area contributed by atoms with Gasteiger partial charge in [0, 0.05) is 0 Å². The molecular formula is C65H127NO4. The van der Waals surface area contributed by atoms with Crippen molar-refractivity contribution in [3.8, 4) is 0 Å². The van der Waals surface area contributed by atoms with Crippen molar-refractivity contribution in [2.75, 3.05) is 6.61 Å². The quantitative estimate of drug-likeness (QED) is 0.0361. The van der Waals surface area contributed by atoms with Crippen LogP contribution in [0.1, 0.15) is 361 Å². The summed E-state index contributed by atoms with van der Waals surface area (Å²) >= 11 is 0. The molecule has 3 unspecified atom stereocenters. The number of unbranched alkanes of at least 4 members (excludes halogenated alkanes) is 48. The number of amides is 1. The summed E-state index contributed by atoms with van der Waals surface area (Å²) in [7, 11) is 0. The highest BCUT2D eigenvalue weighted by molar-refractivity contribution is 5.80. The van der Waals surface area contributed by atoms with Crippen molar-refractivity contribution in [1.29, 1.82) is 0 Å². The average Bonchev–Trinajstić information content (AvgIpc) is 3.36.